The maximum atomic E-state index is 3.50. The Labute approximate surface area is 227 Å². The lowest BCUT2D eigenvalue weighted by molar-refractivity contribution is 0.269. The Hall–Kier alpha value is 0.720. The van der Waals surface area contributed by atoms with Gasteiger partial charge in [-0.3, -0.25) is 0 Å². The SMILES string of the molecule is CCCCCCCCCC(CCCCCCC)C(P)(CCCCCCC)CCCCCCC.Cl. The lowest BCUT2D eigenvalue weighted by Gasteiger charge is -2.39. The number of rotatable bonds is 27. The molecule has 2 unspecified atom stereocenters. The van der Waals surface area contributed by atoms with E-state index in [2.05, 4.69) is 36.9 Å². The van der Waals surface area contributed by atoms with E-state index in [1.54, 1.807) is 0 Å². The molecule has 0 aromatic heterocycles. The second-order valence-electron chi connectivity index (χ2n) is 11.4. The Bertz CT molecular complexity index is 356. The van der Waals surface area contributed by atoms with Crippen LogP contribution in [0.5, 0.6) is 0 Å². The number of hydrogen-bond acceptors (Lipinski definition) is 0. The normalized spacial score (nSPS) is 12.6. The summed E-state index contributed by atoms with van der Waals surface area (Å²) in [5.74, 6) is 0.942. The molecule has 2 heteroatoms. The molecule has 0 nitrogen and oxygen atoms in total. The fourth-order valence-electron chi connectivity index (χ4n) is 5.71. The van der Waals surface area contributed by atoms with E-state index in [0.29, 0.717) is 5.16 Å². The van der Waals surface area contributed by atoms with Crippen molar-refractivity contribution in [2.45, 2.75) is 200 Å². The van der Waals surface area contributed by atoms with Crippen molar-refractivity contribution in [1.82, 2.24) is 0 Å². The van der Waals surface area contributed by atoms with Crippen LogP contribution in [-0.4, -0.2) is 5.16 Å². The van der Waals surface area contributed by atoms with Gasteiger partial charge in [-0.05, 0) is 36.8 Å². The van der Waals surface area contributed by atoms with Crippen molar-refractivity contribution in [3.05, 3.63) is 0 Å². The van der Waals surface area contributed by atoms with Crippen LogP contribution in [0.25, 0.3) is 0 Å². The second-order valence-corrected chi connectivity index (χ2v) is 12.5. The molecule has 0 heterocycles. The van der Waals surface area contributed by atoms with Gasteiger partial charge in [-0.15, -0.1) is 21.6 Å². The summed E-state index contributed by atoms with van der Waals surface area (Å²) in [4.78, 5) is 0. The van der Waals surface area contributed by atoms with E-state index in [1.165, 1.54) is 167 Å². The van der Waals surface area contributed by atoms with E-state index in [9.17, 15) is 0 Å². The van der Waals surface area contributed by atoms with Crippen molar-refractivity contribution in [3.63, 3.8) is 0 Å². The summed E-state index contributed by atoms with van der Waals surface area (Å²) in [5.41, 5.74) is 0. The first-order valence-corrected chi connectivity index (χ1v) is 16.5. The molecule has 0 aliphatic rings. The molecule has 0 saturated carbocycles. The van der Waals surface area contributed by atoms with Gasteiger partial charge >= 0.3 is 0 Å². The molecule has 0 aliphatic heterocycles. The minimum absolute atomic E-state index is 0. The summed E-state index contributed by atoms with van der Waals surface area (Å²) in [6.07, 6.45) is 37.6. The number of hydrogen-bond donors (Lipinski definition) is 0. The molecule has 208 valence electrons. The van der Waals surface area contributed by atoms with E-state index < -0.39 is 0 Å². The lowest BCUT2D eigenvalue weighted by atomic mass is 9.77. The molecule has 0 amide bonds. The smallest absolute Gasteiger partial charge is 0.0122 e. The van der Waals surface area contributed by atoms with Crippen LogP contribution in [0.4, 0.5) is 0 Å². The van der Waals surface area contributed by atoms with Gasteiger partial charge in [0, 0.05) is 0 Å². The van der Waals surface area contributed by atoms with Crippen LogP contribution in [0.2, 0.25) is 0 Å². The van der Waals surface area contributed by atoms with Crippen molar-refractivity contribution in [2.24, 2.45) is 5.92 Å². The Morgan fingerprint density at radius 3 is 1.00 bits per heavy atom. The van der Waals surface area contributed by atoms with Crippen molar-refractivity contribution in [1.29, 1.82) is 0 Å². The molecular weight excluding hydrogens is 451 g/mol. The van der Waals surface area contributed by atoms with Crippen LogP contribution in [0, 0.1) is 5.92 Å². The largest absolute Gasteiger partial charge is 0.147 e. The molecule has 0 radical (unpaired) electrons. The van der Waals surface area contributed by atoms with Crippen molar-refractivity contribution in [3.8, 4) is 0 Å². The zero-order valence-corrected chi connectivity index (χ0v) is 26.4. The molecule has 0 fully saturated rings. The Balaban J connectivity index is 0. The van der Waals surface area contributed by atoms with E-state index in [0.717, 1.165) is 5.92 Å². The van der Waals surface area contributed by atoms with Gasteiger partial charge in [0.1, 0.15) is 0 Å². The average Bonchev–Trinajstić information content (AvgIpc) is 2.81. The van der Waals surface area contributed by atoms with Gasteiger partial charge in [0.2, 0.25) is 0 Å². The molecule has 0 spiro atoms. The third-order valence-corrected chi connectivity index (χ3v) is 9.17. The van der Waals surface area contributed by atoms with Crippen LogP contribution in [0.1, 0.15) is 195 Å². The highest BCUT2D eigenvalue weighted by Crippen LogP contribution is 2.44. The summed E-state index contributed by atoms with van der Waals surface area (Å²) >= 11 is 0. The van der Waals surface area contributed by atoms with E-state index in [1.807, 2.05) is 0 Å². The first-order valence-electron chi connectivity index (χ1n) is 15.9. The van der Waals surface area contributed by atoms with Crippen molar-refractivity contribution >= 4 is 21.6 Å². The fraction of sp³-hybridized carbons (Fsp3) is 1.00. The summed E-state index contributed by atoms with van der Waals surface area (Å²) < 4.78 is 0. The lowest BCUT2D eigenvalue weighted by Crippen LogP contribution is -2.32. The molecular formula is C32H68ClP. The van der Waals surface area contributed by atoms with Gasteiger partial charge in [0.15, 0.2) is 0 Å². The minimum atomic E-state index is 0. The molecule has 0 saturated heterocycles. The minimum Gasteiger partial charge on any atom is -0.147 e. The highest BCUT2D eigenvalue weighted by molar-refractivity contribution is 7.19. The Kier molecular flexibility index (Phi) is 30.7. The Morgan fingerprint density at radius 1 is 0.412 bits per heavy atom. The Morgan fingerprint density at radius 2 is 0.676 bits per heavy atom. The van der Waals surface area contributed by atoms with Crippen LogP contribution >= 0.6 is 21.6 Å². The summed E-state index contributed by atoms with van der Waals surface area (Å²) in [6.45, 7) is 9.35. The summed E-state index contributed by atoms with van der Waals surface area (Å²) in [5, 5.41) is 0.519. The van der Waals surface area contributed by atoms with Crippen LogP contribution < -0.4 is 0 Å². The summed E-state index contributed by atoms with van der Waals surface area (Å²) in [6, 6.07) is 0. The zero-order chi connectivity index (χ0) is 24.5. The number of halogens is 1. The average molecular weight is 519 g/mol. The van der Waals surface area contributed by atoms with Crippen LogP contribution in [0.15, 0.2) is 0 Å². The van der Waals surface area contributed by atoms with Gasteiger partial charge in [-0.25, -0.2) is 0 Å². The van der Waals surface area contributed by atoms with Gasteiger partial charge in [-0.2, -0.15) is 0 Å². The predicted octanol–water partition coefficient (Wildman–Crippen LogP) is 12.9. The fourth-order valence-corrected chi connectivity index (χ4v) is 6.45. The van der Waals surface area contributed by atoms with Gasteiger partial charge in [0.25, 0.3) is 0 Å². The van der Waals surface area contributed by atoms with Gasteiger partial charge in [-0.1, -0.05) is 169 Å². The predicted molar refractivity (Wildman–Crippen MR) is 166 cm³/mol. The maximum Gasteiger partial charge on any atom is -0.0122 e. The quantitative estimate of drug-likeness (QED) is 0.0748. The van der Waals surface area contributed by atoms with Crippen molar-refractivity contribution < 1.29 is 0 Å². The van der Waals surface area contributed by atoms with Gasteiger partial charge in [0.05, 0.1) is 0 Å². The zero-order valence-electron chi connectivity index (χ0n) is 24.4. The molecule has 0 aliphatic carbocycles. The molecule has 0 aromatic carbocycles. The molecule has 2 atom stereocenters. The van der Waals surface area contributed by atoms with Crippen LogP contribution in [0.3, 0.4) is 0 Å². The third kappa shape index (κ3) is 22.0. The van der Waals surface area contributed by atoms with Crippen LogP contribution in [-0.2, 0) is 0 Å². The van der Waals surface area contributed by atoms with E-state index in [-0.39, 0.29) is 12.4 Å². The third-order valence-electron chi connectivity index (χ3n) is 8.12. The monoisotopic (exact) mass is 518 g/mol. The summed E-state index contributed by atoms with van der Waals surface area (Å²) in [7, 11) is 3.50. The first-order chi connectivity index (χ1) is 16.1. The van der Waals surface area contributed by atoms with Crippen molar-refractivity contribution in [2.75, 3.05) is 0 Å². The van der Waals surface area contributed by atoms with E-state index in [4.69, 9.17) is 0 Å². The molecule has 34 heavy (non-hydrogen) atoms. The highest BCUT2D eigenvalue weighted by atomic mass is 35.5. The topological polar surface area (TPSA) is 0 Å². The standard InChI is InChI=1S/C32H67P.ClH/c1-5-9-13-17-18-20-24-28-31(27-23-19-14-10-6-2)32(33,29-25-21-15-11-7-3)30-26-22-16-12-8-4;/h31H,5-30,33H2,1-4H3;1H. The highest BCUT2D eigenvalue weighted by Gasteiger charge is 2.32. The maximum absolute atomic E-state index is 3.50. The van der Waals surface area contributed by atoms with Gasteiger partial charge < -0.3 is 0 Å². The first kappa shape index (κ1) is 36.9. The molecule has 0 N–H and O–H groups in total. The second kappa shape index (κ2) is 28.3. The molecule has 0 rings (SSSR count). The molecule has 0 bridgehead atoms. The van der Waals surface area contributed by atoms with E-state index >= 15 is 0 Å². The molecule has 0 aromatic rings. The number of unbranched alkanes of at least 4 members (excludes halogenated alkanes) is 18.